The number of halogens is 6. The van der Waals surface area contributed by atoms with Crippen molar-refractivity contribution < 1.29 is 74.2 Å². The van der Waals surface area contributed by atoms with Gasteiger partial charge in [-0.3, -0.25) is 29.2 Å². The second kappa shape index (κ2) is 32.0. The van der Waals surface area contributed by atoms with E-state index in [1.807, 2.05) is 60.7 Å². The van der Waals surface area contributed by atoms with E-state index in [4.69, 9.17) is 29.3 Å². The molecule has 0 radical (unpaired) electrons. The van der Waals surface area contributed by atoms with E-state index >= 15 is 0 Å². The van der Waals surface area contributed by atoms with Crippen LogP contribution in [0.2, 0.25) is 0 Å². The van der Waals surface area contributed by atoms with Crippen LogP contribution in [0.15, 0.2) is 133 Å². The van der Waals surface area contributed by atoms with Crippen LogP contribution in [0.5, 0.6) is 11.5 Å². The molecule has 2 amide bonds. The van der Waals surface area contributed by atoms with Gasteiger partial charge in [0, 0.05) is 138 Å². The van der Waals surface area contributed by atoms with E-state index in [-0.39, 0.29) is 11.8 Å². The van der Waals surface area contributed by atoms with E-state index in [0.717, 1.165) is 159 Å². The van der Waals surface area contributed by atoms with E-state index < -0.39 is 24.3 Å². The van der Waals surface area contributed by atoms with Crippen LogP contribution < -0.4 is 41.0 Å². The first-order valence-corrected chi connectivity index (χ1v) is 32.5. The Bertz CT molecular complexity index is 3410. The highest BCUT2D eigenvalue weighted by Crippen LogP contribution is 2.35. The number of quaternary nitrogens is 2. The number of rotatable bonds is 18. The summed E-state index contributed by atoms with van der Waals surface area (Å²) in [6.07, 6.45) is -7.86. The van der Waals surface area contributed by atoms with Crippen LogP contribution in [-0.4, -0.2) is 210 Å². The van der Waals surface area contributed by atoms with Gasteiger partial charge < -0.3 is 59.5 Å². The Morgan fingerprint density at radius 3 is 1.15 bits per heavy atom. The minimum Gasteiger partial charge on any atom is -0.542 e. The van der Waals surface area contributed by atoms with Crippen LogP contribution in [0.25, 0.3) is 22.3 Å². The molecule has 0 aromatic heterocycles. The Morgan fingerprint density at radius 1 is 0.490 bits per heavy atom. The molecule has 0 unspecified atom stereocenters. The van der Waals surface area contributed by atoms with Crippen LogP contribution in [0.1, 0.15) is 66.9 Å². The molecule has 0 saturated carbocycles. The van der Waals surface area contributed by atoms with Gasteiger partial charge in [0.1, 0.15) is 23.4 Å². The molecule has 6 fully saturated rings. The van der Waals surface area contributed by atoms with Gasteiger partial charge in [-0.15, -0.1) is 0 Å². The normalized spacial score (nSPS) is 20.5. The second-order valence-corrected chi connectivity index (χ2v) is 27.0. The number of carbonyl (C=O) groups excluding carboxylic acids is 4. The van der Waals surface area contributed by atoms with Gasteiger partial charge in [0.05, 0.1) is 68.6 Å². The summed E-state index contributed by atoms with van der Waals surface area (Å²) >= 11 is 0. The third-order valence-electron chi connectivity index (χ3n) is 18.8. The molecular weight excluding hydrogens is 1250 g/mol. The number of piperazine rings is 4. The fourth-order valence-corrected chi connectivity index (χ4v) is 13.1. The molecule has 96 heavy (non-hydrogen) atoms. The van der Waals surface area contributed by atoms with Crippen LogP contribution in [-0.2, 0) is 48.9 Å². The largest absolute Gasteiger partial charge is 0.542 e. The zero-order valence-electron chi connectivity index (χ0n) is 55.4. The van der Waals surface area contributed by atoms with Crippen molar-refractivity contribution >= 4 is 23.8 Å². The molecule has 0 spiro atoms. The Hall–Kier alpha value is -7.94. The van der Waals surface area contributed by atoms with E-state index in [9.17, 15) is 35.9 Å². The maximum atomic E-state index is 13.1. The fourth-order valence-electron chi connectivity index (χ4n) is 13.1. The zero-order valence-corrected chi connectivity index (χ0v) is 55.4. The monoisotopic (exact) mass is 1330 g/mol. The molecule has 6 heterocycles. The van der Waals surface area contributed by atoms with E-state index in [1.165, 1.54) is 35.1 Å². The number of likely N-dealkylation sites (tertiary alicyclic amines) is 2. The van der Waals surface area contributed by atoms with Gasteiger partial charge in [-0.1, -0.05) is 72.8 Å². The number of carbonyl (C=O) groups is 4. The Labute approximate surface area is 557 Å². The van der Waals surface area contributed by atoms with Gasteiger partial charge >= 0.3 is 12.4 Å². The van der Waals surface area contributed by atoms with Crippen molar-refractivity contribution in [3.8, 4) is 33.8 Å². The van der Waals surface area contributed by atoms with Crippen molar-refractivity contribution in [2.24, 2.45) is 0 Å². The summed E-state index contributed by atoms with van der Waals surface area (Å²) in [5, 5.41) is 31.0. The quantitative estimate of drug-likeness (QED) is 0.0574. The Balaban J connectivity index is 0.000000188. The number of ether oxygens (including phenoxy) is 2. The first-order valence-electron chi connectivity index (χ1n) is 32.5. The van der Waals surface area contributed by atoms with Gasteiger partial charge in [-0.25, -0.2) is 0 Å². The van der Waals surface area contributed by atoms with Gasteiger partial charge in [0.25, 0.3) is 11.8 Å². The van der Waals surface area contributed by atoms with Crippen molar-refractivity contribution in [3.63, 3.8) is 0 Å². The molecule has 516 valence electrons. The van der Waals surface area contributed by atoms with E-state index in [1.54, 1.807) is 14.2 Å². The lowest BCUT2D eigenvalue weighted by Gasteiger charge is -2.39. The van der Waals surface area contributed by atoms with Crippen LogP contribution in [0.3, 0.4) is 0 Å². The molecule has 6 aliphatic rings. The highest BCUT2D eigenvalue weighted by atomic mass is 19.4. The molecule has 6 aromatic rings. The van der Waals surface area contributed by atoms with Gasteiger partial charge in [0.2, 0.25) is 0 Å². The summed E-state index contributed by atoms with van der Waals surface area (Å²) in [6, 6.07) is 48.7. The van der Waals surface area contributed by atoms with Crippen LogP contribution in [0, 0.1) is 0 Å². The third-order valence-corrected chi connectivity index (χ3v) is 18.8. The molecule has 4 N–H and O–H groups in total. The van der Waals surface area contributed by atoms with E-state index in [0.29, 0.717) is 48.4 Å². The van der Waals surface area contributed by atoms with Crippen molar-refractivity contribution in [2.45, 2.75) is 88.6 Å². The number of benzene rings is 6. The number of hydrogen-bond acceptors (Lipinski definition) is 14. The highest BCUT2D eigenvalue weighted by molar-refractivity contribution is 5.95. The third kappa shape index (κ3) is 20.6. The van der Waals surface area contributed by atoms with Crippen molar-refractivity contribution in [1.82, 2.24) is 40.9 Å². The lowest BCUT2D eigenvalue weighted by Crippen LogP contribution is -2.54. The number of amides is 2. The maximum Gasteiger partial charge on any atom is 0.430 e. The number of nitrogens with one attached hydrogen (secondary N) is 4. The minimum atomic E-state index is -5.19. The first kappa shape index (κ1) is 72.3. The SMILES string of the molecule is COc1ccc(CNC(=O)c2cccc(CN3CC[N+](C)(C)CC3)c2)cc1-c1cccc(CN2C[C@@H]3C[C@H]2CN3)c1.COc1ccc(CNC(=O)c2cccc(CN3CC[N+](C)(C)CC3)c2)cc1-c1cccc(CN2C[C@@H]3C[C@H]2CN3)c1.O=C([O-])C(F)(F)F.O=C([O-])C(F)(F)F. The lowest BCUT2D eigenvalue weighted by molar-refractivity contribution is -0.894. The summed E-state index contributed by atoms with van der Waals surface area (Å²) in [5.41, 5.74) is 12.9. The van der Waals surface area contributed by atoms with E-state index in [2.05, 4.69) is 142 Å². The minimum absolute atomic E-state index is 0.0444. The summed E-state index contributed by atoms with van der Waals surface area (Å²) in [6.45, 7) is 18.1. The molecule has 6 saturated heterocycles. The number of aliphatic carboxylic acids is 2. The predicted octanol–water partition coefficient (Wildman–Crippen LogP) is 6.06. The van der Waals surface area contributed by atoms with Crippen LogP contribution in [0.4, 0.5) is 26.3 Å². The molecule has 6 aromatic carbocycles. The maximum absolute atomic E-state index is 13.1. The average molecular weight is 1340 g/mol. The average Bonchev–Trinajstić information content (AvgIpc) is 1.80. The topological polar surface area (TPSA) is 194 Å². The first-order chi connectivity index (χ1) is 45.6. The Morgan fingerprint density at radius 2 is 0.833 bits per heavy atom. The molecule has 4 bridgehead atoms. The number of carboxylic acid groups (broad SMARTS) is 2. The van der Waals surface area contributed by atoms with Gasteiger partial charge in [-0.2, -0.15) is 26.3 Å². The number of nitrogens with zero attached hydrogens (tertiary/aromatic N) is 6. The molecule has 12 rings (SSSR count). The predicted molar refractivity (Wildman–Crippen MR) is 350 cm³/mol. The Kier molecular flexibility index (Phi) is 24.1. The molecular formula is C72H88F6N10O8. The van der Waals surface area contributed by atoms with Gasteiger partial charge in [-0.05, 0) is 118 Å². The molecule has 18 nitrogen and oxygen atoms in total. The van der Waals surface area contributed by atoms with Crippen molar-refractivity contribution in [2.75, 3.05) is 121 Å². The molecule has 4 atom stereocenters. The molecule has 6 aliphatic heterocycles. The number of alkyl halides is 6. The van der Waals surface area contributed by atoms with Crippen molar-refractivity contribution in [1.29, 1.82) is 0 Å². The highest BCUT2D eigenvalue weighted by Gasteiger charge is 2.39. The summed E-state index contributed by atoms with van der Waals surface area (Å²) < 4.78 is 76.7. The van der Waals surface area contributed by atoms with Crippen molar-refractivity contribution in [3.05, 3.63) is 178 Å². The number of hydrogen-bond donors (Lipinski definition) is 4. The molecule has 24 heteroatoms. The number of carboxylic acids is 2. The summed E-state index contributed by atoms with van der Waals surface area (Å²) in [4.78, 5) is 54.0. The van der Waals surface area contributed by atoms with Crippen LogP contribution >= 0.6 is 0 Å². The second-order valence-electron chi connectivity index (χ2n) is 27.0. The fraction of sp³-hybridized carbons (Fsp3) is 0.444. The lowest BCUT2D eigenvalue weighted by atomic mass is 9.99. The smallest absolute Gasteiger partial charge is 0.430 e. The number of likely N-dealkylation sites (N-methyl/N-ethyl adjacent to an activating group) is 2. The number of methoxy groups -OCH3 is 2. The van der Waals surface area contributed by atoms with Gasteiger partial charge in [0.15, 0.2) is 0 Å². The standard InChI is InChI=1S/2C34H43N5O2.2C2HF3O2/c2*1-39(2)14-12-37(13-15-39)22-26-6-5-9-29(17-26)34(40)36-20-25-10-11-33(41-3)32(18-25)28-8-4-7-27(16-28)23-38-24-30-19-31(38)21-35-30;2*3-2(4,5)1(6)7/h2*4-11,16-18,30-31,35H,12-15,19-24H2,1-3H3;2*(H,6,7)/t2*30-,31-;;/m00../s1. The zero-order chi connectivity index (χ0) is 69.0. The molecule has 0 aliphatic carbocycles. The summed E-state index contributed by atoms with van der Waals surface area (Å²) in [7, 11) is 12.6. The summed E-state index contributed by atoms with van der Waals surface area (Å²) in [5.74, 6) is -4.42. The number of fused-ring (bicyclic) bond motifs is 4.